The fourth-order valence-corrected chi connectivity index (χ4v) is 5.15. The van der Waals surface area contributed by atoms with Crippen LogP contribution in [0.3, 0.4) is 0 Å². The lowest BCUT2D eigenvalue weighted by molar-refractivity contribution is -0.384. The van der Waals surface area contributed by atoms with Gasteiger partial charge in [0.2, 0.25) is 0 Å². The highest BCUT2D eigenvalue weighted by molar-refractivity contribution is 5.96. The topological polar surface area (TPSA) is 107 Å². The average Bonchev–Trinajstić information content (AvgIpc) is 2.87. The molecule has 1 saturated heterocycles. The third kappa shape index (κ3) is 4.49. The molecule has 0 saturated carbocycles. The number of pyridine rings is 1. The van der Waals surface area contributed by atoms with Crippen LogP contribution in [0, 0.1) is 16.0 Å². The maximum Gasteiger partial charge on any atom is 0.293 e. The van der Waals surface area contributed by atoms with Gasteiger partial charge in [0.1, 0.15) is 11.4 Å². The van der Waals surface area contributed by atoms with Crippen LogP contribution >= 0.6 is 0 Å². The Morgan fingerprint density at radius 2 is 1.91 bits per heavy atom. The molecule has 3 heterocycles. The first-order valence-corrected chi connectivity index (χ1v) is 11.6. The fraction of sp³-hybridized carbons (Fsp3) is 0.308. The first kappa shape index (κ1) is 22.6. The summed E-state index contributed by atoms with van der Waals surface area (Å²) in [6.07, 6.45) is 0.932. The van der Waals surface area contributed by atoms with Crippen LogP contribution < -0.4 is 15.6 Å². The van der Waals surface area contributed by atoms with E-state index in [4.69, 9.17) is 4.74 Å². The lowest BCUT2D eigenvalue weighted by atomic mass is 9.83. The Morgan fingerprint density at radius 1 is 1.11 bits per heavy atom. The molecule has 0 radical (unpaired) electrons. The van der Waals surface area contributed by atoms with E-state index < -0.39 is 4.92 Å². The summed E-state index contributed by atoms with van der Waals surface area (Å²) in [5.74, 6) is 0.780. The van der Waals surface area contributed by atoms with Crippen LogP contribution in [0.1, 0.15) is 34.0 Å². The van der Waals surface area contributed by atoms with Crippen molar-refractivity contribution < 1.29 is 14.5 Å². The predicted molar refractivity (Wildman–Crippen MR) is 131 cm³/mol. The predicted octanol–water partition coefficient (Wildman–Crippen LogP) is 3.64. The van der Waals surface area contributed by atoms with Gasteiger partial charge in [-0.15, -0.1) is 0 Å². The molecule has 2 bridgehead atoms. The maximum atomic E-state index is 13.3. The van der Waals surface area contributed by atoms with E-state index >= 15 is 0 Å². The van der Waals surface area contributed by atoms with Crippen LogP contribution in [0.2, 0.25) is 0 Å². The molecule has 9 heteroatoms. The van der Waals surface area contributed by atoms with Gasteiger partial charge >= 0.3 is 0 Å². The quantitative estimate of drug-likeness (QED) is 0.432. The van der Waals surface area contributed by atoms with Gasteiger partial charge < -0.3 is 19.5 Å². The summed E-state index contributed by atoms with van der Waals surface area (Å²) in [6, 6.07) is 17.3. The summed E-state index contributed by atoms with van der Waals surface area (Å²) in [4.78, 5) is 38.7. The normalized spacial score (nSPS) is 18.5. The van der Waals surface area contributed by atoms with E-state index in [1.807, 2.05) is 34.9 Å². The molecule has 1 amide bonds. The van der Waals surface area contributed by atoms with Gasteiger partial charge in [0.15, 0.2) is 0 Å². The number of nitrogens with zero attached hydrogens (tertiary/aromatic N) is 3. The van der Waals surface area contributed by atoms with Crippen molar-refractivity contribution in [3.05, 3.63) is 98.0 Å². The molecule has 2 atom stereocenters. The number of hydrogen-bond acceptors (Lipinski definition) is 6. The number of benzene rings is 2. The van der Waals surface area contributed by atoms with E-state index in [9.17, 15) is 19.7 Å². The molecule has 1 aromatic heterocycles. The van der Waals surface area contributed by atoms with Gasteiger partial charge in [0, 0.05) is 55.5 Å². The molecule has 0 spiro atoms. The number of rotatable bonds is 6. The minimum atomic E-state index is -0.471. The Hall–Kier alpha value is -4.14. The van der Waals surface area contributed by atoms with Crippen molar-refractivity contribution >= 4 is 17.3 Å². The zero-order valence-corrected chi connectivity index (χ0v) is 19.3. The van der Waals surface area contributed by atoms with Crippen molar-refractivity contribution in [2.24, 2.45) is 5.92 Å². The van der Waals surface area contributed by atoms with Crippen LogP contribution in [0.25, 0.3) is 0 Å². The number of carbonyl (C=O) groups is 1. The molecule has 5 rings (SSSR count). The third-order valence-corrected chi connectivity index (χ3v) is 6.85. The molecule has 2 aromatic carbocycles. The number of ether oxygens (including phenoxy) is 1. The molecular weight excluding hydrogens is 448 g/mol. The van der Waals surface area contributed by atoms with Gasteiger partial charge in [-0.05, 0) is 48.2 Å². The number of methoxy groups -OCH3 is 1. The number of aromatic nitrogens is 1. The maximum absolute atomic E-state index is 13.3. The Balaban J connectivity index is 1.33. The highest BCUT2D eigenvalue weighted by Crippen LogP contribution is 2.36. The summed E-state index contributed by atoms with van der Waals surface area (Å²) in [5, 5.41) is 14.9. The molecule has 1 fully saturated rings. The summed E-state index contributed by atoms with van der Waals surface area (Å²) >= 11 is 0. The van der Waals surface area contributed by atoms with E-state index in [2.05, 4.69) is 5.32 Å². The number of anilines is 1. The lowest BCUT2D eigenvalue weighted by Crippen LogP contribution is -2.49. The SMILES string of the molecule is COc1ccc(CNc2ccc(C(=O)N3C[C@H]4C[C@@H](C3)c3cccc(=O)n3C4)cc2[N+](=O)[O-])cc1. The van der Waals surface area contributed by atoms with Gasteiger partial charge in [-0.1, -0.05) is 18.2 Å². The Bertz CT molecular complexity index is 1330. The van der Waals surface area contributed by atoms with Crippen LogP contribution in [0.4, 0.5) is 11.4 Å². The molecular formula is C26H26N4O5. The number of nitrogens with one attached hydrogen (secondary N) is 1. The zero-order valence-electron chi connectivity index (χ0n) is 19.3. The molecule has 2 aliphatic rings. The molecule has 3 aromatic rings. The lowest BCUT2D eigenvalue weighted by Gasteiger charge is -2.42. The smallest absolute Gasteiger partial charge is 0.293 e. The Kier molecular flexibility index (Phi) is 5.98. The van der Waals surface area contributed by atoms with Crippen LogP contribution in [-0.4, -0.2) is 40.5 Å². The van der Waals surface area contributed by atoms with Gasteiger partial charge in [-0.2, -0.15) is 0 Å². The molecule has 180 valence electrons. The second kappa shape index (κ2) is 9.25. The first-order valence-electron chi connectivity index (χ1n) is 11.6. The van der Waals surface area contributed by atoms with Crippen molar-refractivity contribution in [1.29, 1.82) is 0 Å². The summed E-state index contributed by atoms with van der Waals surface area (Å²) in [7, 11) is 1.59. The zero-order chi connectivity index (χ0) is 24.5. The summed E-state index contributed by atoms with van der Waals surface area (Å²) in [5.41, 5.74) is 2.39. The second-order valence-corrected chi connectivity index (χ2v) is 9.10. The van der Waals surface area contributed by atoms with Gasteiger partial charge in [0.05, 0.1) is 12.0 Å². The van der Waals surface area contributed by atoms with Crippen molar-refractivity contribution in [2.75, 3.05) is 25.5 Å². The number of carbonyl (C=O) groups excluding carboxylic acids is 1. The Labute approximate surface area is 202 Å². The van der Waals surface area contributed by atoms with E-state index in [0.717, 1.165) is 23.4 Å². The number of fused-ring (bicyclic) bond motifs is 4. The summed E-state index contributed by atoms with van der Waals surface area (Å²) in [6.45, 7) is 2.00. The standard InChI is InChI=1S/C26H26N4O5/c1-35-21-8-5-17(6-9-21)13-27-22-10-7-19(12-24(22)30(33)34)26(32)28-14-18-11-20(16-28)23-3-2-4-25(31)29(23)15-18/h2-10,12,18,20,27H,11,13-16H2,1H3/t18-,20+/m1/s1. The molecule has 2 aliphatic heterocycles. The van der Waals surface area contributed by atoms with Crippen molar-refractivity contribution in [3.63, 3.8) is 0 Å². The number of nitro groups is 1. The minimum absolute atomic E-state index is 0.00895. The van der Waals surface area contributed by atoms with E-state index in [1.54, 1.807) is 36.3 Å². The Morgan fingerprint density at radius 3 is 2.66 bits per heavy atom. The molecule has 0 aliphatic carbocycles. The largest absolute Gasteiger partial charge is 0.497 e. The van der Waals surface area contributed by atoms with Gasteiger partial charge in [-0.3, -0.25) is 19.7 Å². The fourth-order valence-electron chi connectivity index (χ4n) is 5.15. The van der Waals surface area contributed by atoms with E-state index in [1.165, 1.54) is 6.07 Å². The molecule has 0 unspecified atom stereocenters. The van der Waals surface area contributed by atoms with Crippen molar-refractivity contribution in [2.45, 2.75) is 25.4 Å². The van der Waals surface area contributed by atoms with Crippen molar-refractivity contribution in [3.8, 4) is 5.75 Å². The molecule has 9 nitrogen and oxygen atoms in total. The van der Waals surface area contributed by atoms with Gasteiger partial charge in [-0.25, -0.2) is 0 Å². The highest BCUT2D eigenvalue weighted by atomic mass is 16.6. The number of hydrogen-bond donors (Lipinski definition) is 1. The van der Waals surface area contributed by atoms with Crippen LogP contribution in [0.15, 0.2) is 65.5 Å². The van der Waals surface area contributed by atoms with Crippen molar-refractivity contribution in [1.82, 2.24) is 9.47 Å². The molecule has 35 heavy (non-hydrogen) atoms. The monoisotopic (exact) mass is 474 g/mol. The number of nitro benzene ring substituents is 1. The number of likely N-dealkylation sites (tertiary alicyclic amines) is 1. The van der Waals surface area contributed by atoms with Gasteiger partial charge in [0.25, 0.3) is 17.2 Å². The van der Waals surface area contributed by atoms with E-state index in [-0.39, 0.29) is 34.6 Å². The summed E-state index contributed by atoms with van der Waals surface area (Å²) < 4.78 is 6.97. The first-order chi connectivity index (χ1) is 16.9. The number of amides is 1. The van der Waals surface area contributed by atoms with Crippen LogP contribution in [0.5, 0.6) is 5.75 Å². The second-order valence-electron chi connectivity index (χ2n) is 9.10. The number of piperidine rings is 1. The van der Waals surface area contributed by atoms with E-state index in [0.29, 0.717) is 31.9 Å². The average molecular weight is 475 g/mol. The minimum Gasteiger partial charge on any atom is -0.497 e. The third-order valence-electron chi connectivity index (χ3n) is 6.85. The van der Waals surface area contributed by atoms with Crippen LogP contribution in [-0.2, 0) is 13.1 Å². The highest BCUT2D eigenvalue weighted by Gasteiger charge is 2.36. The molecule has 1 N–H and O–H groups in total.